The Bertz CT molecular complexity index is 679. The van der Waals surface area contributed by atoms with E-state index in [-0.39, 0.29) is 30.5 Å². The van der Waals surface area contributed by atoms with Crippen molar-refractivity contribution in [3.8, 4) is 0 Å². The summed E-state index contributed by atoms with van der Waals surface area (Å²) in [6.45, 7) is 0. The lowest BCUT2D eigenvalue weighted by molar-refractivity contribution is -0.137. The summed E-state index contributed by atoms with van der Waals surface area (Å²) in [7, 11) is 0. The van der Waals surface area contributed by atoms with Crippen molar-refractivity contribution in [3.63, 3.8) is 0 Å². The van der Waals surface area contributed by atoms with Crippen molar-refractivity contribution in [1.82, 2.24) is 0 Å². The van der Waals surface area contributed by atoms with Gasteiger partial charge in [-0.2, -0.15) is 0 Å². The van der Waals surface area contributed by atoms with Crippen LogP contribution in [0.1, 0.15) is 44.1 Å². The molecule has 0 spiro atoms. The first-order chi connectivity index (χ1) is 13.5. The van der Waals surface area contributed by atoms with E-state index in [0.717, 1.165) is 12.0 Å². The third-order valence-corrected chi connectivity index (χ3v) is 5.18. The Morgan fingerprint density at radius 3 is 2.68 bits per heavy atom. The predicted molar refractivity (Wildman–Crippen MR) is 108 cm³/mol. The molecule has 28 heavy (non-hydrogen) atoms. The average molecular weight is 386 g/mol. The van der Waals surface area contributed by atoms with Crippen LogP contribution in [0.5, 0.6) is 0 Å². The Labute approximate surface area is 166 Å². The van der Waals surface area contributed by atoms with Crippen LogP contribution in [0.25, 0.3) is 0 Å². The number of aryl methyl sites for hydroxylation is 1. The number of allylic oxidation sites excluding steroid dienone is 2. The number of carboxylic acids is 1. The maximum absolute atomic E-state index is 12.2. The summed E-state index contributed by atoms with van der Waals surface area (Å²) in [4.78, 5) is 22.7. The first kappa shape index (κ1) is 22.1. The maximum atomic E-state index is 12.2. The summed E-state index contributed by atoms with van der Waals surface area (Å²) in [5, 5.41) is 29.0. The number of aliphatic carboxylic acids is 1. The monoisotopic (exact) mass is 386 g/mol. The third-order valence-electron chi connectivity index (χ3n) is 5.18. The second-order valence-corrected chi connectivity index (χ2v) is 7.39. The lowest BCUT2D eigenvalue weighted by atomic mass is 9.90. The smallest absolute Gasteiger partial charge is 0.303 e. The van der Waals surface area contributed by atoms with Gasteiger partial charge in [0, 0.05) is 24.7 Å². The minimum Gasteiger partial charge on any atom is -0.481 e. The molecule has 1 fully saturated rings. The van der Waals surface area contributed by atoms with Gasteiger partial charge in [0.1, 0.15) is 5.78 Å². The van der Waals surface area contributed by atoms with Gasteiger partial charge in [-0.15, -0.1) is 0 Å². The molecule has 0 aromatic heterocycles. The van der Waals surface area contributed by atoms with Crippen LogP contribution in [-0.2, 0) is 16.0 Å². The van der Waals surface area contributed by atoms with Crippen molar-refractivity contribution in [2.75, 3.05) is 0 Å². The number of aliphatic hydroxyl groups is 2. The summed E-state index contributed by atoms with van der Waals surface area (Å²) in [5.74, 6) is -1.35. The van der Waals surface area contributed by atoms with Crippen LogP contribution in [-0.4, -0.2) is 39.3 Å². The summed E-state index contributed by atoms with van der Waals surface area (Å²) in [6.07, 6.45) is 9.34. The van der Waals surface area contributed by atoms with Gasteiger partial charge in [-0.3, -0.25) is 9.59 Å². The Balaban J connectivity index is 1.82. The molecule has 0 amide bonds. The minimum atomic E-state index is -0.807. The Kier molecular flexibility index (Phi) is 9.11. The molecule has 152 valence electrons. The van der Waals surface area contributed by atoms with E-state index in [1.54, 1.807) is 12.2 Å². The number of unbranched alkanes of at least 4 members (excludes halogenated alkanes) is 1. The lowest BCUT2D eigenvalue weighted by Crippen LogP contribution is -2.19. The van der Waals surface area contributed by atoms with Crippen LogP contribution in [0.15, 0.2) is 54.6 Å². The van der Waals surface area contributed by atoms with Gasteiger partial charge in [-0.1, -0.05) is 54.6 Å². The van der Waals surface area contributed by atoms with Gasteiger partial charge in [0.15, 0.2) is 0 Å². The molecular formula is C23H30O5. The zero-order valence-corrected chi connectivity index (χ0v) is 16.1. The molecule has 0 saturated heterocycles. The fourth-order valence-electron chi connectivity index (χ4n) is 3.57. The van der Waals surface area contributed by atoms with Gasteiger partial charge in [-0.05, 0) is 37.7 Å². The SMILES string of the molecule is O=C(O)CCC/C=C\C[C@@H]1C(=O)C[C@H](O)[C@H]1/C=C/[C@H](O)CCc1ccccc1. The highest BCUT2D eigenvalue weighted by Crippen LogP contribution is 2.33. The molecular weight excluding hydrogens is 356 g/mol. The van der Waals surface area contributed by atoms with E-state index >= 15 is 0 Å². The van der Waals surface area contributed by atoms with Crippen LogP contribution >= 0.6 is 0 Å². The van der Waals surface area contributed by atoms with Crippen LogP contribution in [0, 0.1) is 11.8 Å². The molecule has 4 atom stereocenters. The van der Waals surface area contributed by atoms with Crippen molar-refractivity contribution in [3.05, 3.63) is 60.2 Å². The summed E-state index contributed by atoms with van der Waals surface area (Å²) in [5.41, 5.74) is 1.16. The van der Waals surface area contributed by atoms with Crippen LogP contribution in [0.3, 0.4) is 0 Å². The van der Waals surface area contributed by atoms with E-state index < -0.39 is 18.2 Å². The first-order valence-electron chi connectivity index (χ1n) is 9.95. The number of aliphatic hydroxyl groups excluding tert-OH is 2. The molecule has 0 heterocycles. The van der Waals surface area contributed by atoms with Crippen LogP contribution in [0.2, 0.25) is 0 Å². The van der Waals surface area contributed by atoms with Crippen molar-refractivity contribution in [2.24, 2.45) is 11.8 Å². The highest BCUT2D eigenvalue weighted by molar-refractivity contribution is 5.84. The van der Waals surface area contributed by atoms with E-state index in [0.29, 0.717) is 25.7 Å². The number of Topliss-reactive ketones (excluding diaryl/α,β-unsaturated/α-hetero) is 1. The zero-order valence-electron chi connectivity index (χ0n) is 16.1. The number of carbonyl (C=O) groups is 2. The Morgan fingerprint density at radius 2 is 1.96 bits per heavy atom. The quantitative estimate of drug-likeness (QED) is 0.401. The fraction of sp³-hybridized carbons (Fsp3) is 0.478. The van der Waals surface area contributed by atoms with Crippen molar-refractivity contribution in [1.29, 1.82) is 0 Å². The largest absolute Gasteiger partial charge is 0.481 e. The molecule has 1 saturated carbocycles. The van der Waals surface area contributed by atoms with E-state index in [2.05, 4.69) is 0 Å². The van der Waals surface area contributed by atoms with E-state index in [1.807, 2.05) is 42.5 Å². The number of ketones is 1. The molecule has 1 aromatic carbocycles. The Hall–Kier alpha value is -2.24. The first-order valence-corrected chi connectivity index (χ1v) is 9.95. The van der Waals surface area contributed by atoms with Crippen molar-refractivity contribution in [2.45, 2.75) is 57.2 Å². The molecule has 1 aliphatic rings. The standard InChI is InChI=1S/C23H30O5/c24-18(13-12-17-8-4-3-5-9-17)14-15-20-19(21(25)16-22(20)26)10-6-1-2-7-11-23(27)28/h1,3-6,8-9,14-15,18-20,22,24,26H,2,7,10-13,16H2,(H,27,28)/b6-1-,15-14+/t18-,19+,20+,22+/m1/s1. The minimum absolute atomic E-state index is 0.0381. The fourth-order valence-corrected chi connectivity index (χ4v) is 3.57. The zero-order chi connectivity index (χ0) is 20.4. The number of hydrogen-bond donors (Lipinski definition) is 3. The summed E-state index contributed by atoms with van der Waals surface area (Å²) < 4.78 is 0. The second kappa shape index (κ2) is 11.6. The van der Waals surface area contributed by atoms with Gasteiger partial charge >= 0.3 is 5.97 Å². The molecule has 0 unspecified atom stereocenters. The number of rotatable bonds is 11. The van der Waals surface area contributed by atoms with Crippen molar-refractivity contribution < 1.29 is 24.9 Å². The molecule has 2 rings (SSSR count). The highest BCUT2D eigenvalue weighted by Gasteiger charge is 2.39. The molecule has 1 aliphatic carbocycles. The van der Waals surface area contributed by atoms with Gasteiger partial charge in [0.05, 0.1) is 12.2 Å². The summed E-state index contributed by atoms with van der Waals surface area (Å²) in [6, 6.07) is 9.94. The van der Waals surface area contributed by atoms with Crippen LogP contribution < -0.4 is 0 Å². The average Bonchev–Trinajstić information content (AvgIpc) is 2.94. The van der Waals surface area contributed by atoms with Crippen LogP contribution in [0.4, 0.5) is 0 Å². The van der Waals surface area contributed by atoms with E-state index in [4.69, 9.17) is 5.11 Å². The van der Waals surface area contributed by atoms with Gasteiger partial charge in [-0.25, -0.2) is 0 Å². The number of benzene rings is 1. The maximum Gasteiger partial charge on any atom is 0.303 e. The van der Waals surface area contributed by atoms with E-state index in [9.17, 15) is 19.8 Å². The summed E-state index contributed by atoms with van der Waals surface area (Å²) >= 11 is 0. The van der Waals surface area contributed by atoms with Gasteiger partial charge in [0.25, 0.3) is 0 Å². The Morgan fingerprint density at radius 1 is 1.21 bits per heavy atom. The molecule has 3 N–H and O–H groups in total. The molecule has 0 radical (unpaired) electrons. The van der Waals surface area contributed by atoms with Crippen molar-refractivity contribution >= 4 is 11.8 Å². The third kappa shape index (κ3) is 7.41. The number of carbonyl (C=O) groups excluding carboxylic acids is 1. The molecule has 5 heteroatoms. The van der Waals surface area contributed by atoms with Gasteiger partial charge in [0.2, 0.25) is 0 Å². The molecule has 0 aliphatic heterocycles. The molecule has 0 bridgehead atoms. The normalized spacial score (nSPS) is 23.6. The van der Waals surface area contributed by atoms with E-state index in [1.165, 1.54) is 0 Å². The number of hydrogen-bond acceptors (Lipinski definition) is 4. The second-order valence-electron chi connectivity index (χ2n) is 7.39. The van der Waals surface area contributed by atoms with Gasteiger partial charge < -0.3 is 15.3 Å². The highest BCUT2D eigenvalue weighted by atomic mass is 16.4. The molecule has 5 nitrogen and oxygen atoms in total. The lowest BCUT2D eigenvalue weighted by Gasteiger charge is -2.16. The predicted octanol–water partition coefficient (Wildman–Crippen LogP) is 3.30. The molecule has 1 aromatic rings. The topological polar surface area (TPSA) is 94.8 Å². The number of carboxylic acid groups (broad SMARTS) is 1.